The van der Waals surface area contributed by atoms with E-state index in [9.17, 15) is 13.2 Å². The summed E-state index contributed by atoms with van der Waals surface area (Å²) in [6.07, 6.45) is -2.57. The standard InChI is InChI=1S/C10H8F3NO/c11-9-2-1-7(4-14)8(3-9)5-15-6-10(12)13/h1-3,10H,5-6H2. The maximum Gasteiger partial charge on any atom is 0.261 e. The number of hydrogen-bond donors (Lipinski definition) is 0. The first-order valence-electron chi connectivity index (χ1n) is 4.18. The van der Waals surface area contributed by atoms with Crippen molar-refractivity contribution in [3.8, 4) is 6.07 Å². The molecule has 0 amide bonds. The summed E-state index contributed by atoms with van der Waals surface area (Å²) >= 11 is 0. The van der Waals surface area contributed by atoms with Crippen LogP contribution in [0.5, 0.6) is 0 Å². The molecule has 5 heteroatoms. The average molecular weight is 215 g/mol. The van der Waals surface area contributed by atoms with Gasteiger partial charge in [-0.2, -0.15) is 5.26 Å². The van der Waals surface area contributed by atoms with Crippen LogP contribution in [-0.4, -0.2) is 13.0 Å². The largest absolute Gasteiger partial charge is 0.371 e. The smallest absolute Gasteiger partial charge is 0.261 e. The lowest BCUT2D eigenvalue weighted by atomic mass is 10.1. The summed E-state index contributed by atoms with van der Waals surface area (Å²) in [4.78, 5) is 0. The Morgan fingerprint density at radius 3 is 2.73 bits per heavy atom. The van der Waals surface area contributed by atoms with Crippen molar-refractivity contribution in [1.82, 2.24) is 0 Å². The molecule has 15 heavy (non-hydrogen) atoms. The van der Waals surface area contributed by atoms with E-state index in [1.54, 1.807) is 0 Å². The number of nitriles is 1. The zero-order valence-corrected chi connectivity index (χ0v) is 7.71. The third kappa shape index (κ3) is 3.60. The van der Waals surface area contributed by atoms with Crippen molar-refractivity contribution in [2.75, 3.05) is 6.61 Å². The van der Waals surface area contributed by atoms with Crippen molar-refractivity contribution >= 4 is 0 Å². The van der Waals surface area contributed by atoms with E-state index in [0.717, 1.165) is 12.1 Å². The molecule has 0 N–H and O–H groups in total. The van der Waals surface area contributed by atoms with E-state index in [1.807, 2.05) is 6.07 Å². The van der Waals surface area contributed by atoms with E-state index in [4.69, 9.17) is 5.26 Å². The predicted octanol–water partition coefficient (Wildman–Crippen LogP) is 2.48. The van der Waals surface area contributed by atoms with Crippen molar-refractivity contribution < 1.29 is 17.9 Å². The molecule has 0 fully saturated rings. The van der Waals surface area contributed by atoms with Gasteiger partial charge in [0.05, 0.1) is 18.2 Å². The van der Waals surface area contributed by atoms with E-state index < -0.39 is 18.8 Å². The quantitative estimate of drug-likeness (QED) is 0.772. The van der Waals surface area contributed by atoms with Crippen LogP contribution in [0.25, 0.3) is 0 Å². The van der Waals surface area contributed by atoms with Gasteiger partial charge < -0.3 is 4.74 Å². The predicted molar refractivity (Wildman–Crippen MR) is 46.8 cm³/mol. The van der Waals surface area contributed by atoms with E-state index in [0.29, 0.717) is 0 Å². The molecular weight excluding hydrogens is 207 g/mol. The Morgan fingerprint density at radius 1 is 1.40 bits per heavy atom. The van der Waals surface area contributed by atoms with Gasteiger partial charge in [0.15, 0.2) is 0 Å². The lowest BCUT2D eigenvalue weighted by Gasteiger charge is -2.05. The normalized spacial score (nSPS) is 10.3. The molecule has 0 aliphatic heterocycles. The van der Waals surface area contributed by atoms with Crippen molar-refractivity contribution in [2.45, 2.75) is 13.0 Å². The van der Waals surface area contributed by atoms with Crippen molar-refractivity contribution in [1.29, 1.82) is 5.26 Å². The van der Waals surface area contributed by atoms with Crippen molar-refractivity contribution in [2.24, 2.45) is 0 Å². The number of benzene rings is 1. The summed E-state index contributed by atoms with van der Waals surface area (Å²) in [7, 11) is 0. The highest BCUT2D eigenvalue weighted by molar-refractivity contribution is 5.37. The van der Waals surface area contributed by atoms with Crippen LogP contribution in [0, 0.1) is 17.1 Å². The number of nitrogens with zero attached hydrogens (tertiary/aromatic N) is 1. The van der Waals surface area contributed by atoms with Crippen molar-refractivity contribution in [3.63, 3.8) is 0 Å². The van der Waals surface area contributed by atoms with Gasteiger partial charge in [-0.05, 0) is 23.8 Å². The Hall–Kier alpha value is -1.54. The zero-order chi connectivity index (χ0) is 11.3. The number of halogens is 3. The second-order valence-corrected chi connectivity index (χ2v) is 2.82. The molecule has 80 valence electrons. The topological polar surface area (TPSA) is 33.0 Å². The zero-order valence-electron chi connectivity index (χ0n) is 7.71. The lowest BCUT2D eigenvalue weighted by Crippen LogP contribution is -2.05. The third-order valence-corrected chi connectivity index (χ3v) is 1.69. The summed E-state index contributed by atoms with van der Waals surface area (Å²) in [6.45, 7) is -0.910. The fourth-order valence-corrected chi connectivity index (χ4v) is 1.05. The third-order valence-electron chi connectivity index (χ3n) is 1.69. The van der Waals surface area contributed by atoms with Gasteiger partial charge in [-0.1, -0.05) is 0 Å². The molecule has 0 saturated carbocycles. The van der Waals surface area contributed by atoms with E-state index in [-0.39, 0.29) is 17.7 Å². The summed E-state index contributed by atoms with van der Waals surface area (Å²) < 4.78 is 40.8. The van der Waals surface area contributed by atoms with Gasteiger partial charge in [-0.15, -0.1) is 0 Å². The van der Waals surface area contributed by atoms with Crippen LogP contribution in [0.2, 0.25) is 0 Å². The maximum atomic E-state index is 12.8. The second-order valence-electron chi connectivity index (χ2n) is 2.82. The van der Waals surface area contributed by atoms with E-state index >= 15 is 0 Å². The highest BCUT2D eigenvalue weighted by Gasteiger charge is 2.06. The minimum absolute atomic E-state index is 0.189. The van der Waals surface area contributed by atoms with Gasteiger partial charge in [0.2, 0.25) is 0 Å². The van der Waals surface area contributed by atoms with Crippen LogP contribution in [-0.2, 0) is 11.3 Å². The number of ether oxygens (including phenoxy) is 1. The van der Waals surface area contributed by atoms with Crippen molar-refractivity contribution in [3.05, 3.63) is 35.1 Å². The molecule has 0 bridgehead atoms. The summed E-state index contributed by atoms with van der Waals surface area (Å²) in [5, 5.41) is 8.64. The molecule has 1 rings (SSSR count). The second kappa shape index (κ2) is 5.37. The molecule has 0 saturated heterocycles. The van der Waals surface area contributed by atoms with Crippen LogP contribution >= 0.6 is 0 Å². The number of rotatable bonds is 4. The molecule has 0 spiro atoms. The Bertz CT molecular complexity index is 373. The molecule has 1 aromatic carbocycles. The van der Waals surface area contributed by atoms with Crippen LogP contribution in [0.3, 0.4) is 0 Å². The fourth-order valence-electron chi connectivity index (χ4n) is 1.05. The highest BCUT2D eigenvalue weighted by Crippen LogP contribution is 2.12. The first kappa shape index (κ1) is 11.5. The van der Waals surface area contributed by atoms with Crippen LogP contribution in [0.1, 0.15) is 11.1 Å². The van der Waals surface area contributed by atoms with Gasteiger partial charge in [0.1, 0.15) is 12.4 Å². The molecule has 0 aromatic heterocycles. The first-order chi connectivity index (χ1) is 7.13. The molecule has 1 aromatic rings. The SMILES string of the molecule is N#Cc1ccc(F)cc1COCC(F)F. The van der Waals surface area contributed by atoms with Gasteiger partial charge in [-0.25, -0.2) is 13.2 Å². The average Bonchev–Trinajstić information content (AvgIpc) is 2.17. The molecule has 0 unspecified atom stereocenters. The Balaban J connectivity index is 2.67. The minimum atomic E-state index is -2.57. The molecule has 0 aliphatic rings. The fraction of sp³-hybridized carbons (Fsp3) is 0.300. The molecule has 0 radical (unpaired) electrons. The summed E-state index contributed by atoms with van der Waals surface area (Å²) in [6, 6.07) is 5.35. The molecule has 0 aliphatic carbocycles. The summed E-state index contributed by atoms with van der Waals surface area (Å²) in [5.74, 6) is -0.523. The lowest BCUT2D eigenvalue weighted by molar-refractivity contribution is 0.00975. The molecule has 0 heterocycles. The number of alkyl halides is 2. The first-order valence-corrected chi connectivity index (χ1v) is 4.18. The van der Waals surface area contributed by atoms with Gasteiger partial charge >= 0.3 is 0 Å². The van der Waals surface area contributed by atoms with E-state index in [2.05, 4.69) is 4.74 Å². The molecule has 0 atom stereocenters. The van der Waals surface area contributed by atoms with Crippen LogP contribution in [0.15, 0.2) is 18.2 Å². The van der Waals surface area contributed by atoms with Crippen LogP contribution < -0.4 is 0 Å². The minimum Gasteiger partial charge on any atom is -0.371 e. The van der Waals surface area contributed by atoms with Gasteiger partial charge in [-0.3, -0.25) is 0 Å². The Kier molecular flexibility index (Phi) is 4.13. The molecule has 2 nitrogen and oxygen atoms in total. The van der Waals surface area contributed by atoms with E-state index in [1.165, 1.54) is 6.07 Å². The van der Waals surface area contributed by atoms with Crippen LogP contribution in [0.4, 0.5) is 13.2 Å². The maximum absolute atomic E-state index is 12.8. The Labute approximate surface area is 84.9 Å². The monoisotopic (exact) mass is 215 g/mol. The van der Waals surface area contributed by atoms with Gasteiger partial charge in [0.25, 0.3) is 6.43 Å². The molecular formula is C10H8F3NO. The van der Waals surface area contributed by atoms with Gasteiger partial charge in [0, 0.05) is 0 Å². The Morgan fingerprint density at radius 2 is 2.13 bits per heavy atom. The number of hydrogen-bond acceptors (Lipinski definition) is 2. The highest BCUT2D eigenvalue weighted by atomic mass is 19.3. The summed E-state index contributed by atoms with van der Waals surface area (Å²) in [5.41, 5.74) is 0.504.